The average Bonchev–Trinajstić information content (AvgIpc) is 2.59. The third-order valence-electron chi connectivity index (χ3n) is 4.39. The quantitative estimate of drug-likeness (QED) is 0.177. The maximum absolute atomic E-state index is 11.6. The summed E-state index contributed by atoms with van der Waals surface area (Å²) in [4.78, 5) is 11.6. The van der Waals surface area contributed by atoms with E-state index in [1.54, 1.807) is 0 Å². The largest absolute Gasteiger partial charge is 1.00 e. The van der Waals surface area contributed by atoms with E-state index in [-0.39, 0.29) is 51.4 Å². The Morgan fingerprint density at radius 1 is 0.520 bits per heavy atom. The Morgan fingerprint density at radius 2 is 0.800 bits per heavy atom. The van der Waals surface area contributed by atoms with E-state index in [0.29, 0.717) is 13.2 Å². The van der Waals surface area contributed by atoms with Crippen LogP contribution in [0.4, 0.5) is 0 Å². The van der Waals surface area contributed by atoms with Crippen LogP contribution in [0.2, 0.25) is 0 Å². The summed E-state index contributed by atoms with van der Waals surface area (Å²) >= 11 is 0. The molecule has 25 heavy (non-hydrogen) atoms. The summed E-state index contributed by atoms with van der Waals surface area (Å²) in [5, 5.41) is 0. The van der Waals surface area contributed by atoms with Gasteiger partial charge in [-0.1, -0.05) is 104 Å². The second kappa shape index (κ2) is 25.9. The first-order valence-electron chi connectivity index (χ1n) is 10.5. The Balaban J connectivity index is 0. The fourth-order valence-electron chi connectivity index (χ4n) is 2.79. The van der Waals surface area contributed by atoms with Crippen LogP contribution in [0.3, 0.4) is 0 Å². The van der Waals surface area contributed by atoms with E-state index >= 15 is 0 Å². The van der Waals surface area contributed by atoms with Crippen molar-refractivity contribution in [2.45, 2.75) is 117 Å². The van der Waals surface area contributed by atoms with Crippen LogP contribution in [0.15, 0.2) is 0 Å². The summed E-state index contributed by atoms with van der Waals surface area (Å²) in [6, 6.07) is 0. The van der Waals surface area contributed by atoms with Gasteiger partial charge in [0.1, 0.15) is 0 Å². The summed E-state index contributed by atoms with van der Waals surface area (Å²) in [6.45, 7) is 5.63. The van der Waals surface area contributed by atoms with Gasteiger partial charge in [0.2, 0.25) is 0 Å². The van der Waals surface area contributed by atoms with Gasteiger partial charge in [0.15, 0.2) is 0 Å². The molecule has 0 bridgehead atoms. The smallest absolute Gasteiger partial charge is 0.786 e. The molecule has 0 fully saturated rings. The Labute approximate surface area is 201 Å². The van der Waals surface area contributed by atoms with E-state index in [1.165, 1.54) is 89.9 Å². The van der Waals surface area contributed by atoms with Crippen molar-refractivity contribution in [2.24, 2.45) is 0 Å². The van der Waals surface area contributed by atoms with E-state index in [0.717, 1.165) is 12.8 Å². The molecule has 0 aliphatic carbocycles. The van der Waals surface area contributed by atoms with Crippen LogP contribution < -0.4 is 56.3 Å². The van der Waals surface area contributed by atoms with Crippen molar-refractivity contribution in [3.8, 4) is 0 Å². The molecule has 146 valence electrons. The van der Waals surface area contributed by atoms with Gasteiger partial charge in [0.25, 0.3) is 0 Å². The standard InChI is InChI=1S/C20H42O3P.K/c1-3-5-7-9-11-13-15-17-19-22-24(21)23-20-18-16-14-12-10-8-6-4-2;/h3-20H2,1-2H3;/q-1;+1. The first-order valence-corrected chi connectivity index (χ1v) is 11.6. The van der Waals surface area contributed by atoms with Gasteiger partial charge < -0.3 is 13.9 Å². The van der Waals surface area contributed by atoms with Gasteiger partial charge in [-0.05, 0) is 12.8 Å². The van der Waals surface area contributed by atoms with E-state index in [4.69, 9.17) is 9.05 Å². The van der Waals surface area contributed by atoms with E-state index in [2.05, 4.69) is 13.8 Å². The zero-order valence-corrected chi connectivity index (χ0v) is 21.4. The molecule has 0 N–H and O–H groups in total. The fourth-order valence-corrected chi connectivity index (χ4v) is 3.42. The molecular weight excluding hydrogens is 358 g/mol. The maximum Gasteiger partial charge on any atom is 1.00 e. The molecule has 0 rings (SSSR count). The van der Waals surface area contributed by atoms with Gasteiger partial charge in [0.05, 0.1) is 21.8 Å². The molecule has 0 heterocycles. The Kier molecular flexibility index (Phi) is 30.3. The van der Waals surface area contributed by atoms with Crippen molar-refractivity contribution in [2.75, 3.05) is 13.2 Å². The fraction of sp³-hybridized carbons (Fsp3) is 1.00. The van der Waals surface area contributed by atoms with Gasteiger partial charge in [-0.15, -0.1) is 0 Å². The zero-order chi connectivity index (χ0) is 17.7. The van der Waals surface area contributed by atoms with E-state index < -0.39 is 8.60 Å². The van der Waals surface area contributed by atoms with Gasteiger partial charge in [-0.3, -0.25) is 0 Å². The van der Waals surface area contributed by atoms with Gasteiger partial charge in [-0.2, -0.15) is 0 Å². The van der Waals surface area contributed by atoms with Crippen molar-refractivity contribution in [3.63, 3.8) is 0 Å². The predicted molar refractivity (Wildman–Crippen MR) is 104 cm³/mol. The summed E-state index contributed by atoms with van der Waals surface area (Å²) in [5.41, 5.74) is 0. The van der Waals surface area contributed by atoms with E-state index in [1.807, 2.05) is 0 Å². The monoisotopic (exact) mass is 400 g/mol. The Morgan fingerprint density at radius 3 is 1.12 bits per heavy atom. The minimum absolute atomic E-state index is 0. The normalized spacial score (nSPS) is 11.0. The third-order valence-corrected chi connectivity index (χ3v) is 5.18. The van der Waals surface area contributed by atoms with Crippen LogP contribution in [0, 0.1) is 0 Å². The molecule has 0 aromatic heterocycles. The van der Waals surface area contributed by atoms with Crippen LogP contribution in [-0.4, -0.2) is 13.2 Å². The van der Waals surface area contributed by atoms with Crippen LogP contribution in [0.1, 0.15) is 117 Å². The van der Waals surface area contributed by atoms with Gasteiger partial charge in [-0.25, -0.2) is 0 Å². The number of rotatable bonds is 20. The van der Waals surface area contributed by atoms with Crippen LogP contribution in [-0.2, 0) is 9.05 Å². The summed E-state index contributed by atoms with van der Waals surface area (Å²) in [5.74, 6) is 0. The van der Waals surface area contributed by atoms with Crippen molar-refractivity contribution in [1.82, 2.24) is 0 Å². The Hall–Kier alpha value is 1.95. The first kappa shape index (κ1) is 29.2. The van der Waals surface area contributed by atoms with Gasteiger partial charge in [0, 0.05) is 0 Å². The molecular formula is C20H42KO3P. The molecule has 0 aliphatic heterocycles. The van der Waals surface area contributed by atoms with Crippen LogP contribution >= 0.6 is 8.60 Å². The topological polar surface area (TPSA) is 41.5 Å². The van der Waals surface area contributed by atoms with Crippen LogP contribution in [0.5, 0.6) is 0 Å². The molecule has 3 nitrogen and oxygen atoms in total. The SMILES string of the molecule is CCCCCCCCCCOP([O-])OCCCCCCCCCC.[K+]. The Bertz CT molecular complexity index is 211. The average molecular weight is 401 g/mol. The van der Waals surface area contributed by atoms with Crippen molar-refractivity contribution in [3.05, 3.63) is 0 Å². The second-order valence-electron chi connectivity index (χ2n) is 6.84. The minimum Gasteiger partial charge on any atom is -0.786 e. The molecule has 5 heteroatoms. The van der Waals surface area contributed by atoms with E-state index in [9.17, 15) is 4.89 Å². The molecule has 0 atom stereocenters. The predicted octanol–water partition coefficient (Wildman–Crippen LogP) is 3.89. The molecule has 0 aromatic carbocycles. The zero-order valence-electron chi connectivity index (χ0n) is 17.4. The van der Waals surface area contributed by atoms with Crippen molar-refractivity contribution in [1.29, 1.82) is 0 Å². The van der Waals surface area contributed by atoms with Crippen LogP contribution in [0.25, 0.3) is 0 Å². The summed E-state index contributed by atoms with van der Waals surface area (Å²) < 4.78 is 10.5. The molecule has 0 amide bonds. The maximum atomic E-state index is 11.6. The number of hydrogen-bond acceptors (Lipinski definition) is 3. The number of unbranched alkanes of at least 4 members (excludes halogenated alkanes) is 14. The van der Waals surface area contributed by atoms with Crippen molar-refractivity contribution < 1.29 is 65.3 Å². The molecule has 0 unspecified atom stereocenters. The molecule has 0 saturated carbocycles. The summed E-state index contributed by atoms with van der Waals surface area (Å²) in [7, 11) is -1.90. The molecule has 0 spiro atoms. The first-order chi connectivity index (χ1) is 11.8. The second-order valence-corrected chi connectivity index (χ2v) is 7.80. The van der Waals surface area contributed by atoms with Crippen molar-refractivity contribution >= 4 is 8.60 Å². The third kappa shape index (κ3) is 25.9. The molecule has 0 radical (unpaired) electrons. The molecule has 0 aromatic rings. The number of hydrogen-bond donors (Lipinski definition) is 0. The molecule has 0 saturated heterocycles. The minimum atomic E-state index is -1.90. The van der Waals surface area contributed by atoms with Gasteiger partial charge >= 0.3 is 51.4 Å². The summed E-state index contributed by atoms with van der Waals surface area (Å²) in [6.07, 6.45) is 20.3. The molecule has 0 aliphatic rings.